The summed E-state index contributed by atoms with van der Waals surface area (Å²) in [5.74, 6) is 0. The highest BCUT2D eigenvalue weighted by Crippen LogP contribution is 2.40. The van der Waals surface area contributed by atoms with E-state index in [1.807, 2.05) is 31.3 Å². The van der Waals surface area contributed by atoms with E-state index in [9.17, 15) is 15.0 Å². The number of oxime groups is 1. The van der Waals surface area contributed by atoms with Crippen molar-refractivity contribution in [3.05, 3.63) is 47.8 Å². The molecule has 3 aliphatic heterocycles. The van der Waals surface area contributed by atoms with Crippen LogP contribution < -0.4 is 10.2 Å². The highest BCUT2D eigenvalue weighted by molar-refractivity contribution is 6.00. The fraction of sp³-hybridized carbons (Fsp3) is 0.409. The van der Waals surface area contributed by atoms with Gasteiger partial charge in [-0.15, -0.1) is 0 Å². The Morgan fingerprint density at radius 3 is 2.71 bits per heavy atom. The van der Waals surface area contributed by atoms with Crippen molar-refractivity contribution in [3.63, 3.8) is 0 Å². The summed E-state index contributed by atoms with van der Waals surface area (Å²) in [6.45, 7) is -0.00450. The molecule has 1 amide bonds. The first-order valence-corrected chi connectivity index (χ1v) is 10.3. The van der Waals surface area contributed by atoms with Crippen molar-refractivity contribution in [1.82, 2.24) is 10.3 Å². The van der Waals surface area contributed by atoms with E-state index in [2.05, 4.69) is 21.5 Å². The highest BCUT2D eigenvalue weighted by atomic mass is 16.7. The number of aliphatic hydroxyl groups excluding tert-OH is 2. The maximum atomic E-state index is 12.3. The number of pyridine rings is 1. The van der Waals surface area contributed by atoms with E-state index in [1.165, 1.54) is 0 Å². The zero-order chi connectivity index (χ0) is 21.6. The largest absolute Gasteiger partial charge is 0.442 e. The van der Waals surface area contributed by atoms with Crippen molar-refractivity contribution in [2.24, 2.45) is 5.16 Å². The maximum Gasteiger partial charge on any atom is 0.415 e. The van der Waals surface area contributed by atoms with Crippen molar-refractivity contribution < 1.29 is 24.6 Å². The lowest BCUT2D eigenvalue weighted by atomic mass is 9.97. The van der Waals surface area contributed by atoms with Crippen LogP contribution in [0.4, 0.5) is 10.5 Å². The second-order valence-electron chi connectivity index (χ2n) is 8.20. The normalized spacial score (nSPS) is 23.3. The van der Waals surface area contributed by atoms with Crippen LogP contribution >= 0.6 is 0 Å². The van der Waals surface area contributed by atoms with E-state index in [0.717, 1.165) is 28.8 Å². The number of likely N-dealkylation sites (N-methyl/N-ethyl adjacent to an activating group) is 1. The number of nitrogens with zero attached hydrogens (tertiary/aromatic N) is 3. The fourth-order valence-electron chi connectivity index (χ4n) is 4.45. The van der Waals surface area contributed by atoms with Crippen LogP contribution in [0.25, 0.3) is 11.1 Å². The van der Waals surface area contributed by atoms with E-state index in [0.29, 0.717) is 24.4 Å². The molecule has 3 N–H and O–H groups in total. The standard InChI is InChI=1S/C22H24N4O5/c1-23-10-20-19-7-15-6-13(3-5-18(15)26(19)21(29)30-20)14-2-4-16(24-9-14)17-8-22(11-27,12-28)31-25-17/h2-6,9,19-20,23,27-28H,7-8,10-12H2,1H3/t19-,20?/m0/s1. The van der Waals surface area contributed by atoms with E-state index in [1.54, 1.807) is 11.1 Å². The number of nitrogens with one attached hydrogen (secondary N) is 1. The monoisotopic (exact) mass is 424 g/mol. The number of carbonyl (C=O) groups excluding carboxylic acids is 1. The molecule has 31 heavy (non-hydrogen) atoms. The minimum absolute atomic E-state index is 0.0180. The average Bonchev–Trinajstić information content (AvgIpc) is 3.48. The molecule has 9 nitrogen and oxygen atoms in total. The van der Waals surface area contributed by atoms with Crippen LogP contribution in [-0.2, 0) is 16.0 Å². The molecule has 1 aromatic heterocycles. The Hall–Kier alpha value is -3.01. The number of ether oxygens (including phenoxy) is 1. The van der Waals surface area contributed by atoms with Gasteiger partial charge in [0.15, 0.2) is 5.60 Å². The molecule has 4 heterocycles. The van der Waals surface area contributed by atoms with E-state index < -0.39 is 5.60 Å². The van der Waals surface area contributed by atoms with Crippen LogP contribution in [0.15, 0.2) is 41.7 Å². The second-order valence-corrected chi connectivity index (χ2v) is 8.20. The minimum atomic E-state index is -1.07. The Bertz CT molecular complexity index is 1030. The second kappa shape index (κ2) is 7.60. The Labute approximate surface area is 179 Å². The number of cyclic esters (lactones) is 1. The van der Waals surface area contributed by atoms with Gasteiger partial charge in [-0.2, -0.15) is 0 Å². The molecule has 5 rings (SSSR count). The molecule has 2 atom stereocenters. The predicted octanol–water partition coefficient (Wildman–Crippen LogP) is 1.07. The van der Waals surface area contributed by atoms with Crippen LogP contribution in [0.5, 0.6) is 0 Å². The number of anilines is 1. The van der Waals surface area contributed by atoms with Crippen LogP contribution in [0.3, 0.4) is 0 Å². The van der Waals surface area contributed by atoms with Crippen molar-refractivity contribution >= 4 is 17.5 Å². The third kappa shape index (κ3) is 3.25. The molecule has 0 spiro atoms. The number of benzene rings is 1. The molecule has 162 valence electrons. The molecule has 3 aliphatic rings. The average molecular weight is 424 g/mol. The first-order chi connectivity index (χ1) is 15.1. The van der Waals surface area contributed by atoms with Crippen molar-refractivity contribution in [3.8, 4) is 11.1 Å². The van der Waals surface area contributed by atoms with Crippen LogP contribution in [0.2, 0.25) is 0 Å². The molecular formula is C22H24N4O5. The van der Waals surface area contributed by atoms with Crippen LogP contribution in [-0.4, -0.2) is 71.6 Å². The quantitative estimate of drug-likeness (QED) is 0.635. The molecule has 1 saturated heterocycles. The van der Waals surface area contributed by atoms with Gasteiger partial charge in [-0.25, -0.2) is 4.79 Å². The summed E-state index contributed by atoms with van der Waals surface area (Å²) >= 11 is 0. The van der Waals surface area contributed by atoms with Crippen molar-refractivity contribution in [2.75, 3.05) is 31.7 Å². The van der Waals surface area contributed by atoms with Gasteiger partial charge in [-0.05, 0) is 42.8 Å². The summed E-state index contributed by atoms with van der Waals surface area (Å²) in [7, 11) is 1.85. The smallest absolute Gasteiger partial charge is 0.415 e. The third-order valence-electron chi connectivity index (χ3n) is 6.19. The third-order valence-corrected chi connectivity index (χ3v) is 6.19. The van der Waals surface area contributed by atoms with Crippen LogP contribution in [0.1, 0.15) is 17.7 Å². The molecule has 0 aliphatic carbocycles. The van der Waals surface area contributed by atoms with E-state index in [-0.39, 0.29) is 31.5 Å². The van der Waals surface area contributed by atoms with Gasteiger partial charge in [-0.3, -0.25) is 9.88 Å². The summed E-state index contributed by atoms with van der Waals surface area (Å²) in [6.07, 6.45) is 2.38. The molecule has 0 radical (unpaired) electrons. The number of amides is 1. The number of aliphatic hydroxyl groups is 2. The predicted molar refractivity (Wildman–Crippen MR) is 113 cm³/mol. The summed E-state index contributed by atoms with van der Waals surface area (Å²) < 4.78 is 5.49. The molecule has 1 unspecified atom stereocenters. The summed E-state index contributed by atoms with van der Waals surface area (Å²) in [5.41, 5.74) is 4.16. The molecule has 1 aromatic carbocycles. The number of rotatable bonds is 6. The summed E-state index contributed by atoms with van der Waals surface area (Å²) in [4.78, 5) is 23.8. The zero-order valence-corrected chi connectivity index (χ0v) is 17.1. The van der Waals surface area contributed by atoms with Gasteiger partial charge in [0.05, 0.1) is 30.6 Å². The number of hydrogen-bond donors (Lipinski definition) is 3. The van der Waals surface area contributed by atoms with Crippen molar-refractivity contribution in [2.45, 2.75) is 30.6 Å². The number of aromatic nitrogens is 1. The lowest BCUT2D eigenvalue weighted by Gasteiger charge is -2.20. The zero-order valence-electron chi connectivity index (χ0n) is 17.1. The van der Waals surface area contributed by atoms with Gasteiger partial charge in [0.1, 0.15) is 11.8 Å². The highest BCUT2D eigenvalue weighted by Gasteiger charge is 2.47. The van der Waals surface area contributed by atoms with Crippen LogP contribution in [0, 0.1) is 0 Å². The maximum absolute atomic E-state index is 12.3. The SMILES string of the molecule is CNCC1OC(=O)N2c3ccc(-c4ccc(C5=NOC(CO)(CO)C5)nc4)cc3C[C@@H]12. The molecular weight excluding hydrogens is 400 g/mol. The Kier molecular flexibility index (Phi) is 4.88. The van der Waals surface area contributed by atoms with Gasteiger partial charge >= 0.3 is 6.09 Å². The first-order valence-electron chi connectivity index (χ1n) is 10.3. The van der Waals surface area contributed by atoms with Gasteiger partial charge < -0.3 is 25.1 Å². The number of fused-ring (bicyclic) bond motifs is 3. The van der Waals surface area contributed by atoms with Gasteiger partial charge in [-0.1, -0.05) is 17.3 Å². The molecule has 0 bridgehead atoms. The number of carbonyl (C=O) groups is 1. The molecule has 2 aromatic rings. The summed E-state index contributed by atoms with van der Waals surface area (Å²) in [5, 5.41) is 26.0. The van der Waals surface area contributed by atoms with E-state index >= 15 is 0 Å². The Morgan fingerprint density at radius 1 is 1.23 bits per heavy atom. The van der Waals surface area contributed by atoms with Crippen molar-refractivity contribution in [1.29, 1.82) is 0 Å². The lowest BCUT2D eigenvalue weighted by molar-refractivity contribution is -0.0878. The molecule has 0 saturated carbocycles. The topological polar surface area (TPSA) is 117 Å². The lowest BCUT2D eigenvalue weighted by Crippen LogP contribution is -2.38. The van der Waals surface area contributed by atoms with E-state index in [4.69, 9.17) is 9.57 Å². The Balaban J connectivity index is 1.36. The molecule has 1 fully saturated rings. The fourth-order valence-corrected chi connectivity index (χ4v) is 4.45. The van der Waals surface area contributed by atoms with Gasteiger partial charge in [0.25, 0.3) is 0 Å². The van der Waals surface area contributed by atoms with Gasteiger partial charge in [0.2, 0.25) is 0 Å². The number of hydrogen-bond acceptors (Lipinski definition) is 8. The Morgan fingerprint density at radius 2 is 2.03 bits per heavy atom. The summed E-state index contributed by atoms with van der Waals surface area (Å²) in [6, 6.07) is 9.88. The first kappa shape index (κ1) is 19.9. The molecule has 9 heteroatoms. The van der Waals surface area contributed by atoms with Gasteiger partial charge in [0, 0.05) is 24.7 Å². The minimum Gasteiger partial charge on any atom is -0.442 e.